The molecule has 0 fully saturated rings. The second-order valence-corrected chi connectivity index (χ2v) is 7.33. The number of rotatable bonds is 6. The Balaban J connectivity index is 2.16. The van der Waals surface area contributed by atoms with Crippen LogP contribution in [-0.4, -0.2) is 24.9 Å². The molecule has 114 valence electrons. The van der Waals surface area contributed by atoms with Gasteiger partial charge in [-0.1, -0.05) is 11.6 Å². The van der Waals surface area contributed by atoms with Crippen LogP contribution in [0.15, 0.2) is 22.7 Å². The number of sulfonamides is 1. The van der Waals surface area contributed by atoms with Crippen LogP contribution in [-0.2, 0) is 16.6 Å². The molecule has 0 aromatic carbocycles. The highest BCUT2D eigenvalue weighted by Gasteiger charge is 2.17. The van der Waals surface area contributed by atoms with Gasteiger partial charge < -0.3 is 5.32 Å². The van der Waals surface area contributed by atoms with Crippen molar-refractivity contribution in [1.29, 1.82) is 0 Å². The molecule has 0 amide bonds. The monoisotopic (exact) mass is 346 g/mol. The molecule has 9 heteroatoms. The van der Waals surface area contributed by atoms with Gasteiger partial charge in [-0.15, -0.1) is 11.3 Å². The van der Waals surface area contributed by atoms with Crippen LogP contribution in [0, 0.1) is 6.92 Å². The van der Waals surface area contributed by atoms with Gasteiger partial charge in [-0.05, 0) is 19.9 Å². The van der Waals surface area contributed by atoms with Crippen LogP contribution in [0.1, 0.15) is 17.5 Å². The topological polar surface area (TPSA) is 84.0 Å². The van der Waals surface area contributed by atoms with Crippen LogP contribution in [0.25, 0.3) is 0 Å². The Hall–Kier alpha value is -1.22. The molecule has 0 unspecified atom stereocenters. The first-order chi connectivity index (χ1) is 9.94. The van der Waals surface area contributed by atoms with E-state index < -0.39 is 10.0 Å². The summed E-state index contributed by atoms with van der Waals surface area (Å²) in [5.41, 5.74) is 2.50. The highest BCUT2D eigenvalue weighted by Crippen LogP contribution is 2.22. The van der Waals surface area contributed by atoms with Crippen LogP contribution in [0.5, 0.6) is 0 Å². The predicted octanol–water partition coefficient (Wildman–Crippen LogP) is 2.41. The van der Waals surface area contributed by atoms with Crippen molar-refractivity contribution in [1.82, 2.24) is 14.7 Å². The summed E-state index contributed by atoms with van der Waals surface area (Å²) in [7, 11) is -3.65. The SMILES string of the molecule is CCNc1ncc(S(=O)(=O)NCc2scnc2C)cc1Cl. The van der Waals surface area contributed by atoms with Crippen molar-refractivity contribution in [2.75, 3.05) is 11.9 Å². The van der Waals surface area contributed by atoms with E-state index in [0.717, 1.165) is 10.6 Å². The van der Waals surface area contributed by atoms with Crippen LogP contribution in [0.4, 0.5) is 5.82 Å². The Kier molecular flexibility index (Phi) is 5.15. The standard InChI is InChI=1S/C12H15ClN4O2S2/c1-3-14-12-10(13)4-9(5-15-12)21(18,19)17-6-11-8(2)16-7-20-11/h4-5,7,17H,3,6H2,1-2H3,(H,14,15). The first-order valence-electron chi connectivity index (χ1n) is 6.22. The van der Waals surface area contributed by atoms with Crippen molar-refractivity contribution in [3.63, 3.8) is 0 Å². The van der Waals surface area contributed by atoms with Crippen molar-refractivity contribution < 1.29 is 8.42 Å². The normalized spacial score (nSPS) is 11.6. The number of nitrogens with one attached hydrogen (secondary N) is 2. The summed E-state index contributed by atoms with van der Waals surface area (Å²) in [6, 6.07) is 1.38. The summed E-state index contributed by atoms with van der Waals surface area (Å²) >= 11 is 7.42. The summed E-state index contributed by atoms with van der Waals surface area (Å²) in [4.78, 5) is 9.02. The van der Waals surface area contributed by atoms with E-state index in [4.69, 9.17) is 11.6 Å². The molecule has 6 nitrogen and oxygen atoms in total. The van der Waals surface area contributed by atoms with E-state index in [1.54, 1.807) is 5.51 Å². The molecule has 0 aliphatic heterocycles. The molecule has 0 aliphatic carbocycles. The summed E-state index contributed by atoms with van der Waals surface area (Å²) < 4.78 is 26.9. The van der Waals surface area contributed by atoms with Gasteiger partial charge in [0, 0.05) is 24.2 Å². The third kappa shape index (κ3) is 3.91. The van der Waals surface area contributed by atoms with E-state index >= 15 is 0 Å². The fourth-order valence-corrected chi connectivity index (χ4v) is 3.68. The fraction of sp³-hybridized carbons (Fsp3) is 0.333. The quantitative estimate of drug-likeness (QED) is 0.839. The third-order valence-corrected chi connectivity index (χ3v) is 5.33. The lowest BCUT2D eigenvalue weighted by atomic mass is 10.4. The number of pyridine rings is 1. The zero-order chi connectivity index (χ0) is 15.5. The molecule has 0 spiro atoms. The Labute approximate surface area is 132 Å². The number of thiazole rings is 1. The van der Waals surface area contributed by atoms with Crippen molar-refractivity contribution in [3.05, 3.63) is 33.4 Å². The van der Waals surface area contributed by atoms with Gasteiger partial charge in [-0.2, -0.15) is 0 Å². The number of halogens is 1. The average molecular weight is 347 g/mol. The van der Waals surface area contributed by atoms with E-state index in [0.29, 0.717) is 12.4 Å². The largest absolute Gasteiger partial charge is 0.369 e. The van der Waals surface area contributed by atoms with Gasteiger partial charge in [0.1, 0.15) is 10.7 Å². The molecular weight excluding hydrogens is 332 g/mol. The minimum absolute atomic E-state index is 0.0383. The Bertz CT molecular complexity index is 731. The Morgan fingerprint density at radius 1 is 1.38 bits per heavy atom. The number of nitrogens with zero attached hydrogens (tertiary/aromatic N) is 2. The molecule has 2 rings (SSSR count). The number of hydrogen-bond donors (Lipinski definition) is 2. The van der Waals surface area contributed by atoms with Gasteiger partial charge in [0.05, 0.1) is 16.2 Å². The molecule has 2 heterocycles. The summed E-state index contributed by atoms with van der Waals surface area (Å²) in [6.45, 7) is 4.60. The van der Waals surface area contributed by atoms with Crippen molar-refractivity contribution in [2.45, 2.75) is 25.3 Å². The van der Waals surface area contributed by atoms with Gasteiger partial charge in [-0.3, -0.25) is 0 Å². The minimum atomic E-state index is -3.65. The molecule has 2 aromatic heterocycles. The van der Waals surface area contributed by atoms with Crippen LogP contribution in [0.2, 0.25) is 5.02 Å². The highest BCUT2D eigenvalue weighted by molar-refractivity contribution is 7.89. The molecule has 0 radical (unpaired) electrons. The summed E-state index contributed by atoms with van der Waals surface area (Å²) in [5, 5.41) is 3.22. The number of anilines is 1. The Morgan fingerprint density at radius 3 is 2.71 bits per heavy atom. The zero-order valence-electron chi connectivity index (χ0n) is 11.6. The summed E-state index contributed by atoms with van der Waals surface area (Å²) in [6.07, 6.45) is 1.28. The molecule has 0 saturated carbocycles. The molecular formula is C12H15ClN4O2S2. The first-order valence-corrected chi connectivity index (χ1v) is 8.96. The highest BCUT2D eigenvalue weighted by atomic mass is 35.5. The molecule has 0 bridgehead atoms. The van der Waals surface area contributed by atoms with E-state index in [9.17, 15) is 8.42 Å². The van der Waals surface area contributed by atoms with E-state index in [1.165, 1.54) is 23.6 Å². The maximum absolute atomic E-state index is 12.2. The third-order valence-electron chi connectivity index (χ3n) is 2.74. The molecule has 2 N–H and O–H groups in total. The van der Waals surface area contributed by atoms with Crippen LogP contribution >= 0.6 is 22.9 Å². The lowest BCUT2D eigenvalue weighted by Crippen LogP contribution is -2.23. The van der Waals surface area contributed by atoms with Crippen LogP contribution in [0.3, 0.4) is 0 Å². The maximum atomic E-state index is 12.2. The molecule has 21 heavy (non-hydrogen) atoms. The molecule has 0 aliphatic rings. The first kappa shape index (κ1) is 16.2. The van der Waals surface area contributed by atoms with E-state index in [1.807, 2.05) is 13.8 Å². The van der Waals surface area contributed by atoms with Crippen molar-refractivity contribution >= 4 is 38.8 Å². The van der Waals surface area contributed by atoms with Crippen molar-refractivity contribution in [2.24, 2.45) is 0 Å². The predicted molar refractivity (Wildman–Crippen MR) is 84.3 cm³/mol. The number of aromatic nitrogens is 2. The molecule has 2 aromatic rings. The number of hydrogen-bond acceptors (Lipinski definition) is 6. The maximum Gasteiger partial charge on any atom is 0.242 e. The fourth-order valence-electron chi connectivity index (χ4n) is 1.60. The summed E-state index contributed by atoms with van der Waals surface area (Å²) in [5.74, 6) is 0.469. The minimum Gasteiger partial charge on any atom is -0.369 e. The van der Waals surface area contributed by atoms with E-state index in [2.05, 4.69) is 20.0 Å². The van der Waals surface area contributed by atoms with Gasteiger partial charge in [0.2, 0.25) is 10.0 Å². The smallest absolute Gasteiger partial charge is 0.242 e. The van der Waals surface area contributed by atoms with Gasteiger partial charge in [0.25, 0.3) is 0 Å². The second kappa shape index (κ2) is 6.69. The average Bonchev–Trinajstić information content (AvgIpc) is 2.84. The Morgan fingerprint density at radius 2 is 2.14 bits per heavy atom. The van der Waals surface area contributed by atoms with Gasteiger partial charge in [-0.25, -0.2) is 23.1 Å². The van der Waals surface area contributed by atoms with Gasteiger partial charge >= 0.3 is 0 Å². The van der Waals surface area contributed by atoms with Gasteiger partial charge in [0.15, 0.2) is 0 Å². The lowest BCUT2D eigenvalue weighted by molar-refractivity contribution is 0.581. The lowest BCUT2D eigenvalue weighted by Gasteiger charge is -2.09. The molecule has 0 saturated heterocycles. The van der Waals surface area contributed by atoms with Crippen LogP contribution < -0.4 is 10.0 Å². The van der Waals surface area contributed by atoms with Crippen molar-refractivity contribution in [3.8, 4) is 0 Å². The number of aryl methyl sites for hydroxylation is 1. The molecule has 0 atom stereocenters. The van der Waals surface area contributed by atoms with E-state index in [-0.39, 0.29) is 16.5 Å². The zero-order valence-corrected chi connectivity index (χ0v) is 13.9. The second-order valence-electron chi connectivity index (χ2n) is 4.22.